The third-order valence-corrected chi connectivity index (χ3v) is 2.04. The van der Waals surface area contributed by atoms with Gasteiger partial charge in [-0.2, -0.15) is 0 Å². The van der Waals surface area contributed by atoms with Gasteiger partial charge in [-0.1, -0.05) is 0 Å². The Bertz CT molecular complexity index is 404. The highest BCUT2D eigenvalue weighted by Crippen LogP contribution is 2.30. The Morgan fingerprint density at radius 3 is 2.53 bits per heavy atom. The fraction of sp³-hybridized carbons (Fsp3) is 0.333. The van der Waals surface area contributed by atoms with Crippen molar-refractivity contribution in [2.45, 2.75) is 18.9 Å². The summed E-state index contributed by atoms with van der Waals surface area (Å²) in [5.41, 5.74) is 4.95. The number of nitrogens with zero attached hydrogens (tertiary/aromatic N) is 1. The lowest BCUT2D eigenvalue weighted by Gasteiger charge is -2.11. The summed E-state index contributed by atoms with van der Waals surface area (Å²) in [5.74, 6) is -0.245. The van der Waals surface area contributed by atoms with Crippen molar-refractivity contribution in [1.29, 1.82) is 0 Å². The molecule has 8 heteroatoms. The first-order valence-corrected chi connectivity index (χ1v) is 4.43. The minimum atomic E-state index is -2.66. The van der Waals surface area contributed by atoms with Crippen LogP contribution in [-0.2, 0) is 0 Å². The van der Waals surface area contributed by atoms with E-state index in [0.717, 1.165) is 18.2 Å². The fourth-order valence-electron chi connectivity index (χ4n) is 1.32. The molecule has 0 aliphatic carbocycles. The second-order valence-corrected chi connectivity index (χ2v) is 3.23. The van der Waals surface area contributed by atoms with E-state index in [2.05, 4.69) is 0 Å². The molecule has 0 aromatic heterocycles. The number of halogens is 3. The summed E-state index contributed by atoms with van der Waals surface area (Å²) in [4.78, 5) is 9.88. The molecule has 96 valence electrons. The number of nitro groups is 1. The molecule has 3 N–H and O–H groups in total. The fourth-order valence-corrected chi connectivity index (χ4v) is 1.32. The minimum Gasteiger partial charge on any atom is -0.508 e. The maximum absolute atomic E-state index is 12.1. The first-order valence-electron chi connectivity index (χ1n) is 4.43. The SMILES string of the molecule is Cl.N[C@H](CC(F)F)c1cc(O)ccc1[N+](=O)[O-]. The van der Waals surface area contributed by atoms with E-state index in [1.165, 1.54) is 0 Å². The van der Waals surface area contributed by atoms with E-state index in [1.807, 2.05) is 0 Å². The largest absolute Gasteiger partial charge is 0.508 e. The highest BCUT2D eigenvalue weighted by molar-refractivity contribution is 5.85. The van der Waals surface area contributed by atoms with Crippen LogP contribution in [0.15, 0.2) is 18.2 Å². The lowest BCUT2D eigenvalue weighted by molar-refractivity contribution is -0.385. The molecule has 0 saturated heterocycles. The van der Waals surface area contributed by atoms with Gasteiger partial charge in [0.2, 0.25) is 6.43 Å². The smallest absolute Gasteiger partial charge is 0.274 e. The van der Waals surface area contributed by atoms with Gasteiger partial charge in [-0.15, -0.1) is 12.4 Å². The predicted octanol–water partition coefficient (Wildman–Crippen LogP) is 2.38. The van der Waals surface area contributed by atoms with E-state index in [-0.39, 0.29) is 29.4 Å². The third-order valence-electron chi connectivity index (χ3n) is 2.04. The number of nitrogens with two attached hydrogens (primary N) is 1. The molecule has 0 aliphatic heterocycles. The van der Waals surface area contributed by atoms with Gasteiger partial charge in [-0.05, 0) is 12.1 Å². The maximum Gasteiger partial charge on any atom is 0.274 e. The Morgan fingerprint density at radius 1 is 1.47 bits per heavy atom. The van der Waals surface area contributed by atoms with Crippen LogP contribution in [0.3, 0.4) is 0 Å². The number of nitro benzene ring substituents is 1. The summed E-state index contributed by atoms with van der Waals surface area (Å²) in [6, 6.07) is 2.00. The van der Waals surface area contributed by atoms with Crippen molar-refractivity contribution in [2.24, 2.45) is 5.73 Å². The molecular weight excluding hydrogens is 258 g/mol. The van der Waals surface area contributed by atoms with E-state index >= 15 is 0 Å². The first-order chi connectivity index (χ1) is 7.41. The molecule has 0 aliphatic rings. The van der Waals surface area contributed by atoms with E-state index in [1.54, 1.807) is 0 Å². The van der Waals surface area contributed by atoms with Gasteiger partial charge in [0.15, 0.2) is 0 Å². The average molecular weight is 269 g/mol. The summed E-state index contributed by atoms with van der Waals surface area (Å²) in [6.07, 6.45) is -3.35. The van der Waals surface area contributed by atoms with E-state index < -0.39 is 23.8 Å². The summed E-state index contributed by atoms with van der Waals surface area (Å²) < 4.78 is 24.2. The van der Waals surface area contributed by atoms with Crippen molar-refractivity contribution in [2.75, 3.05) is 0 Å². The van der Waals surface area contributed by atoms with Crippen LogP contribution in [0.5, 0.6) is 5.75 Å². The molecule has 1 rings (SSSR count). The number of alkyl halides is 2. The second-order valence-electron chi connectivity index (χ2n) is 3.23. The van der Waals surface area contributed by atoms with Crippen LogP contribution < -0.4 is 5.73 Å². The molecule has 0 saturated carbocycles. The van der Waals surface area contributed by atoms with Gasteiger partial charge >= 0.3 is 0 Å². The zero-order valence-electron chi connectivity index (χ0n) is 8.55. The number of phenolic OH excluding ortho intramolecular Hbond substituents is 1. The van der Waals surface area contributed by atoms with Crippen LogP contribution in [0.2, 0.25) is 0 Å². The Kier molecular flexibility index (Phi) is 5.77. The zero-order valence-corrected chi connectivity index (χ0v) is 9.36. The summed E-state index contributed by atoms with van der Waals surface area (Å²) in [5, 5.41) is 19.7. The van der Waals surface area contributed by atoms with Crippen LogP contribution >= 0.6 is 12.4 Å². The maximum atomic E-state index is 12.1. The quantitative estimate of drug-likeness (QED) is 0.648. The van der Waals surface area contributed by atoms with Crippen molar-refractivity contribution in [3.8, 4) is 5.75 Å². The molecular formula is C9H11ClF2N2O3. The molecule has 5 nitrogen and oxygen atoms in total. The number of benzene rings is 1. The Morgan fingerprint density at radius 2 is 2.06 bits per heavy atom. The van der Waals surface area contributed by atoms with Crippen molar-refractivity contribution >= 4 is 18.1 Å². The average Bonchev–Trinajstić information content (AvgIpc) is 2.15. The number of hydrogen-bond donors (Lipinski definition) is 2. The molecule has 0 fully saturated rings. The Balaban J connectivity index is 0.00000256. The summed E-state index contributed by atoms with van der Waals surface area (Å²) >= 11 is 0. The predicted molar refractivity (Wildman–Crippen MR) is 59.6 cm³/mol. The van der Waals surface area contributed by atoms with Crippen LogP contribution in [0.25, 0.3) is 0 Å². The van der Waals surface area contributed by atoms with Gasteiger partial charge in [0.1, 0.15) is 5.75 Å². The highest BCUT2D eigenvalue weighted by atomic mass is 35.5. The molecule has 0 amide bonds. The first kappa shape index (κ1) is 15.5. The van der Waals surface area contributed by atoms with Gasteiger partial charge in [-0.3, -0.25) is 10.1 Å². The number of hydrogen-bond acceptors (Lipinski definition) is 4. The molecule has 1 atom stereocenters. The molecule has 0 heterocycles. The molecule has 0 spiro atoms. The lowest BCUT2D eigenvalue weighted by atomic mass is 10.0. The van der Waals surface area contributed by atoms with Crippen molar-refractivity contribution < 1.29 is 18.8 Å². The van der Waals surface area contributed by atoms with E-state index in [0.29, 0.717) is 0 Å². The molecule has 1 aromatic carbocycles. The van der Waals surface area contributed by atoms with Crippen LogP contribution in [0.1, 0.15) is 18.0 Å². The third kappa shape index (κ3) is 4.12. The molecule has 0 bridgehead atoms. The Labute approximate surface area is 102 Å². The number of phenols is 1. The summed E-state index contributed by atoms with van der Waals surface area (Å²) in [6.45, 7) is 0. The van der Waals surface area contributed by atoms with Gasteiger partial charge in [0.05, 0.1) is 10.5 Å². The number of aromatic hydroxyl groups is 1. The standard InChI is InChI=1S/C9H10F2N2O3.ClH/c10-9(11)4-7(12)6-3-5(14)1-2-8(6)13(15)16;/h1-3,7,9,14H,4,12H2;1H/t7-;/m1./s1. The topological polar surface area (TPSA) is 89.4 Å². The van der Waals surface area contributed by atoms with Crippen molar-refractivity contribution in [1.82, 2.24) is 0 Å². The van der Waals surface area contributed by atoms with Crippen LogP contribution in [-0.4, -0.2) is 16.5 Å². The molecule has 17 heavy (non-hydrogen) atoms. The second kappa shape index (κ2) is 6.31. The molecule has 1 aromatic rings. The monoisotopic (exact) mass is 268 g/mol. The van der Waals surface area contributed by atoms with E-state index in [4.69, 9.17) is 10.8 Å². The molecule has 0 unspecified atom stereocenters. The van der Waals surface area contributed by atoms with Gasteiger partial charge in [0, 0.05) is 18.5 Å². The summed E-state index contributed by atoms with van der Waals surface area (Å²) in [7, 11) is 0. The van der Waals surface area contributed by atoms with Crippen LogP contribution in [0, 0.1) is 10.1 Å². The highest BCUT2D eigenvalue weighted by Gasteiger charge is 2.22. The molecule has 0 radical (unpaired) electrons. The lowest BCUT2D eigenvalue weighted by Crippen LogP contribution is -2.15. The zero-order chi connectivity index (χ0) is 12.3. The van der Waals surface area contributed by atoms with Gasteiger partial charge in [-0.25, -0.2) is 8.78 Å². The van der Waals surface area contributed by atoms with Gasteiger partial charge in [0.25, 0.3) is 5.69 Å². The Hall–Kier alpha value is -1.47. The number of rotatable bonds is 4. The van der Waals surface area contributed by atoms with Crippen molar-refractivity contribution in [3.63, 3.8) is 0 Å². The van der Waals surface area contributed by atoms with Gasteiger partial charge < -0.3 is 10.8 Å². The van der Waals surface area contributed by atoms with Crippen LogP contribution in [0.4, 0.5) is 14.5 Å². The van der Waals surface area contributed by atoms with Crippen molar-refractivity contribution in [3.05, 3.63) is 33.9 Å². The minimum absolute atomic E-state index is 0. The van der Waals surface area contributed by atoms with E-state index in [9.17, 15) is 18.9 Å². The normalized spacial score (nSPS) is 12.0.